The SMILES string of the molecule is CNCC(C=O)(NC(=O)C(O)c1ccc(-c2noc(-c3onc(-c4ccccc4)c3C(F)(F)F)n2)cc1)C(C)(C)C. The second kappa shape index (κ2) is 11.3. The summed E-state index contributed by atoms with van der Waals surface area (Å²) in [7, 11) is 1.64. The molecular formula is C28H28F3N5O5. The minimum atomic E-state index is -4.82. The molecule has 0 fully saturated rings. The van der Waals surface area contributed by atoms with Gasteiger partial charge >= 0.3 is 6.18 Å². The Hall–Kier alpha value is -4.36. The summed E-state index contributed by atoms with van der Waals surface area (Å²) in [6.45, 7) is 5.51. The zero-order valence-electron chi connectivity index (χ0n) is 22.6. The molecule has 216 valence electrons. The van der Waals surface area contributed by atoms with Crippen molar-refractivity contribution in [3.8, 4) is 34.3 Å². The van der Waals surface area contributed by atoms with Crippen molar-refractivity contribution in [1.29, 1.82) is 0 Å². The Balaban J connectivity index is 1.58. The highest BCUT2D eigenvalue weighted by Crippen LogP contribution is 2.43. The summed E-state index contributed by atoms with van der Waals surface area (Å²) in [4.78, 5) is 28.9. The maximum Gasteiger partial charge on any atom is 0.422 e. The molecule has 2 atom stereocenters. The molecule has 2 heterocycles. The van der Waals surface area contributed by atoms with E-state index in [1.54, 1.807) is 46.0 Å². The minimum Gasteiger partial charge on any atom is -0.378 e. The topological polar surface area (TPSA) is 143 Å². The van der Waals surface area contributed by atoms with Crippen LogP contribution in [-0.4, -0.2) is 51.7 Å². The highest BCUT2D eigenvalue weighted by atomic mass is 19.4. The predicted molar refractivity (Wildman–Crippen MR) is 141 cm³/mol. The lowest BCUT2D eigenvalue weighted by molar-refractivity contribution is -0.137. The number of benzene rings is 2. The van der Waals surface area contributed by atoms with Crippen molar-refractivity contribution >= 4 is 12.2 Å². The molecule has 0 aliphatic carbocycles. The fraction of sp³-hybridized carbons (Fsp3) is 0.321. The van der Waals surface area contributed by atoms with E-state index in [-0.39, 0.29) is 23.5 Å². The van der Waals surface area contributed by atoms with Crippen molar-refractivity contribution in [3.63, 3.8) is 0 Å². The zero-order chi connectivity index (χ0) is 30.0. The van der Waals surface area contributed by atoms with E-state index < -0.39 is 52.0 Å². The summed E-state index contributed by atoms with van der Waals surface area (Å²) >= 11 is 0. The number of carbonyl (C=O) groups excluding carboxylic acids is 2. The number of nitrogens with zero attached hydrogens (tertiary/aromatic N) is 3. The van der Waals surface area contributed by atoms with E-state index in [0.717, 1.165) is 0 Å². The highest BCUT2D eigenvalue weighted by Gasteiger charge is 2.44. The van der Waals surface area contributed by atoms with Gasteiger partial charge in [0.15, 0.2) is 6.10 Å². The number of aldehydes is 1. The summed E-state index contributed by atoms with van der Waals surface area (Å²) in [5.41, 5.74) is -2.77. The van der Waals surface area contributed by atoms with E-state index in [1.807, 2.05) is 0 Å². The van der Waals surface area contributed by atoms with Crippen LogP contribution in [0.1, 0.15) is 38.0 Å². The maximum absolute atomic E-state index is 14.0. The van der Waals surface area contributed by atoms with Crippen LogP contribution in [0.2, 0.25) is 0 Å². The number of hydrogen-bond acceptors (Lipinski definition) is 9. The molecule has 0 spiro atoms. The summed E-state index contributed by atoms with van der Waals surface area (Å²) in [5, 5.41) is 23.6. The second-order valence-electron chi connectivity index (χ2n) is 10.4. The van der Waals surface area contributed by atoms with Gasteiger partial charge in [-0.1, -0.05) is 85.7 Å². The van der Waals surface area contributed by atoms with E-state index in [2.05, 4.69) is 25.9 Å². The third kappa shape index (κ3) is 5.91. The van der Waals surface area contributed by atoms with Crippen LogP contribution >= 0.6 is 0 Å². The Morgan fingerprint density at radius 1 is 1.00 bits per heavy atom. The van der Waals surface area contributed by atoms with Crippen molar-refractivity contribution in [1.82, 2.24) is 25.9 Å². The molecule has 2 unspecified atom stereocenters. The number of aliphatic hydroxyl groups is 1. The lowest BCUT2D eigenvalue weighted by atomic mass is 9.74. The lowest BCUT2D eigenvalue weighted by Gasteiger charge is -2.41. The number of nitrogens with one attached hydrogen (secondary N) is 2. The number of rotatable bonds is 9. The van der Waals surface area contributed by atoms with E-state index in [4.69, 9.17) is 9.05 Å². The predicted octanol–water partition coefficient (Wildman–Crippen LogP) is 4.43. The monoisotopic (exact) mass is 571 g/mol. The summed E-state index contributed by atoms with van der Waals surface area (Å²) in [6, 6.07) is 13.5. The molecule has 4 rings (SSSR count). The molecule has 0 bridgehead atoms. The number of amides is 1. The fourth-order valence-corrected chi connectivity index (χ4v) is 4.20. The standard InChI is InChI=1S/C28H28F3N5O5/c1-26(2,3)27(15-37,14-32-4)34-24(39)21(38)17-10-12-18(13-11-17)23-33-25(41-36-23)22-19(28(29,30)31)20(35-40-22)16-8-6-5-7-9-16/h5-13,15,21,32,38H,14H2,1-4H3,(H,34,39). The summed E-state index contributed by atoms with van der Waals surface area (Å²) in [6.07, 6.45) is -5.79. The van der Waals surface area contributed by atoms with E-state index in [1.165, 1.54) is 36.4 Å². The van der Waals surface area contributed by atoms with Crippen molar-refractivity contribution in [2.24, 2.45) is 5.41 Å². The van der Waals surface area contributed by atoms with Crippen LogP contribution < -0.4 is 10.6 Å². The molecule has 0 saturated heterocycles. The van der Waals surface area contributed by atoms with Gasteiger partial charge < -0.3 is 29.6 Å². The molecule has 2 aromatic heterocycles. The number of likely N-dealkylation sites (N-methyl/N-ethyl adjacent to an activating group) is 1. The molecule has 4 aromatic rings. The van der Waals surface area contributed by atoms with Crippen molar-refractivity contribution in [2.45, 2.75) is 38.6 Å². The summed E-state index contributed by atoms with van der Waals surface area (Å²) < 4.78 is 52.1. The second-order valence-corrected chi connectivity index (χ2v) is 10.4. The molecule has 3 N–H and O–H groups in total. The number of carbonyl (C=O) groups is 2. The Morgan fingerprint density at radius 2 is 1.66 bits per heavy atom. The number of aromatic nitrogens is 3. The van der Waals surface area contributed by atoms with Crippen LogP contribution in [-0.2, 0) is 15.8 Å². The molecular weight excluding hydrogens is 543 g/mol. The Bertz CT molecular complexity index is 1510. The van der Waals surface area contributed by atoms with E-state index in [0.29, 0.717) is 11.8 Å². The van der Waals surface area contributed by atoms with Gasteiger partial charge in [-0.25, -0.2) is 0 Å². The molecule has 0 saturated carbocycles. The van der Waals surface area contributed by atoms with E-state index >= 15 is 0 Å². The largest absolute Gasteiger partial charge is 0.422 e. The Labute approximate surface area is 232 Å². The van der Waals surface area contributed by atoms with Crippen molar-refractivity contribution in [3.05, 3.63) is 65.7 Å². The van der Waals surface area contributed by atoms with Gasteiger partial charge in [0.25, 0.3) is 11.8 Å². The van der Waals surface area contributed by atoms with Gasteiger partial charge in [-0.3, -0.25) is 4.79 Å². The van der Waals surface area contributed by atoms with Gasteiger partial charge in [-0.15, -0.1) is 0 Å². The van der Waals surface area contributed by atoms with Gasteiger partial charge in [0.05, 0.1) is 0 Å². The number of alkyl halides is 3. The average molecular weight is 572 g/mol. The van der Waals surface area contributed by atoms with Crippen LogP contribution in [0.4, 0.5) is 13.2 Å². The van der Waals surface area contributed by atoms with Crippen LogP contribution in [0, 0.1) is 5.41 Å². The Morgan fingerprint density at radius 3 is 2.22 bits per heavy atom. The first-order chi connectivity index (χ1) is 19.3. The zero-order valence-corrected chi connectivity index (χ0v) is 22.6. The summed E-state index contributed by atoms with van der Waals surface area (Å²) in [5.74, 6) is -2.09. The van der Waals surface area contributed by atoms with Crippen LogP contribution in [0.3, 0.4) is 0 Å². The molecule has 0 aliphatic rings. The molecule has 0 radical (unpaired) electrons. The van der Waals surface area contributed by atoms with Crippen LogP contribution in [0.15, 0.2) is 63.6 Å². The van der Waals surface area contributed by atoms with Gasteiger partial charge in [0.1, 0.15) is 23.1 Å². The number of aliphatic hydroxyl groups excluding tert-OH is 1. The smallest absolute Gasteiger partial charge is 0.378 e. The molecule has 0 aliphatic heterocycles. The molecule has 13 heteroatoms. The van der Waals surface area contributed by atoms with Crippen LogP contribution in [0.5, 0.6) is 0 Å². The first kappa shape index (κ1) is 29.6. The Kier molecular flexibility index (Phi) is 8.13. The first-order valence-corrected chi connectivity index (χ1v) is 12.5. The third-order valence-electron chi connectivity index (χ3n) is 6.72. The molecule has 10 nitrogen and oxygen atoms in total. The number of hydrogen-bond donors (Lipinski definition) is 3. The quantitative estimate of drug-likeness (QED) is 0.249. The van der Waals surface area contributed by atoms with Crippen molar-refractivity contribution < 1.29 is 36.9 Å². The van der Waals surface area contributed by atoms with Gasteiger partial charge in [0, 0.05) is 17.7 Å². The molecule has 41 heavy (non-hydrogen) atoms. The van der Waals surface area contributed by atoms with Crippen molar-refractivity contribution in [2.75, 3.05) is 13.6 Å². The van der Waals surface area contributed by atoms with Crippen LogP contribution in [0.25, 0.3) is 34.3 Å². The third-order valence-corrected chi connectivity index (χ3v) is 6.72. The normalized spacial score (nSPS) is 14.3. The van der Waals surface area contributed by atoms with E-state index in [9.17, 15) is 27.9 Å². The van der Waals surface area contributed by atoms with Gasteiger partial charge in [-0.2, -0.15) is 18.2 Å². The lowest BCUT2D eigenvalue weighted by Crippen LogP contribution is -2.64. The van der Waals surface area contributed by atoms with Gasteiger partial charge in [0.2, 0.25) is 11.6 Å². The molecule has 1 amide bonds. The molecule has 2 aromatic carbocycles. The maximum atomic E-state index is 14.0. The average Bonchev–Trinajstić information content (AvgIpc) is 3.60. The highest BCUT2D eigenvalue weighted by molar-refractivity contribution is 5.86. The van der Waals surface area contributed by atoms with Gasteiger partial charge in [-0.05, 0) is 18.0 Å². The minimum absolute atomic E-state index is 0.0574. The fourth-order valence-electron chi connectivity index (χ4n) is 4.20. The number of halogens is 3. The first-order valence-electron chi connectivity index (χ1n) is 12.5.